The van der Waals surface area contributed by atoms with Crippen molar-refractivity contribution in [2.45, 2.75) is 25.8 Å². The molecular weight excluding hydrogens is 318 g/mol. The molecule has 1 fully saturated rings. The number of hydrogen-bond acceptors (Lipinski definition) is 4. The number of phenolic OH excluding ortho intramolecular Hbond substituents is 1. The molecule has 1 aromatic rings. The quantitative estimate of drug-likeness (QED) is 0.886. The maximum atomic E-state index is 10.4. The van der Waals surface area contributed by atoms with Crippen LogP contribution >= 0.6 is 15.9 Å². The third-order valence-corrected chi connectivity index (χ3v) is 4.46. The Kier molecular flexibility index (Phi) is 5.41. The van der Waals surface area contributed by atoms with Crippen LogP contribution in [0.2, 0.25) is 0 Å². The Balaban J connectivity index is 2.40. The van der Waals surface area contributed by atoms with E-state index in [0.29, 0.717) is 5.56 Å². The van der Waals surface area contributed by atoms with Gasteiger partial charge in [-0.2, -0.15) is 5.26 Å². The second-order valence-corrected chi connectivity index (χ2v) is 5.91. The summed E-state index contributed by atoms with van der Waals surface area (Å²) in [5.74, 6) is 0.124. The Hall–Kier alpha value is -1.09. The molecule has 4 nitrogen and oxygen atoms in total. The summed E-state index contributed by atoms with van der Waals surface area (Å²) in [6, 6.07) is 5.73. The summed E-state index contributed by atoms with van der Waals surface area (Å²) < 4.78 is 0.881. The zero-order chi connectivity index (χ0) is 14.5. The van der Waals surface area contributed by atoms with Gasteiger partial charge < -0.3 is 10.4 Å². The zero-order valence-corrected chi connectivity index (χ0v) is 13.3. The molecule has 5 heteroatoms. The van der Waals surface area contributed by atoms with Gasteiger partial charge in [-0.25, -0.2) is 0 Å². The van der Waals surface area contributed by atoms with Crippen molar-refractivity contribution in [3.05, 3.63) is 27.7 Å². The number of benzene rings is 1. The van der Waals surface area contributed by atoms with Crippen LogP contribution in [0.3, 0.4) is 0 Å². The van der Waals surface area contributed by atoms with Gasteiger partial charge in [0.2, 0.25) is 0 Å². The highest BCUT2D eigenvalue weighted by atomic mass is 79.9. The number of phenols is 1. The van der Waals surface area contributed by atoms with Gasteiger partial charge in [-0.15, -0.1) is 0 Å². The van der Waals surface area contributed by atoms with E-state index in [1.165, 1.54) is 0 Å². The molecule has 108 valence electrons. The molecule has 0 spiro atoms. The Morgan fingerprint density at radius 1 is 1.45 bits per heavy atom. The highest BCUT2D eigenvalue weighted by Gasteiger charge is 2.26. The molecule has 20 heavy (non-hydrogen) atoms. The van der Waals surface area contributed by atoms with E-state index in [-0.39, 0.29) is 11.8 Å². The minimum atomic E-state index is 0.124. The van der Waals surface area contributed by atoms with Crippen LogP contribution in [0.5, 0.6) is 5.75 Å². The number of nitrogens with zero attached hydrogens (tertiary/aromatic N) is 2. The van der Waals surface area contributed by atoms with Crippen LogP contribution in [0.15, 0.2) is 16.6 Å². The monoisotopic (exact) mass is 337 g/mol. The summed E-state index contributed by atoms with van der Waals surface area (Å²) in [5, 5.41) is 22.9. The molecule has 1 heterocycles. The van der Waals surface area contributed by atoms with Crippen molar-refractivity contribution in [3.63, 3.8) is 0 Å². The Bertz CT molecular complexity index is 507. The van der Waals surface area contributed by atoms with Crippen molar-refractivity contribution in [3.8, 4) is 11.8 Å². The smallest absolute Gasteiger partial charge is 0.139 e. The molecule has 0 unspecified atom stereocenters. The summed E-state index contributed by atoms with van der Waals surface area (Å²) >= 11 is 3.54. The van der Waals surface area contributed by atoms with Crippen molar-refractivity contribution in [2.75, 3.05) is 26.2 Å². The first-order chi connectivity index (χ1) is 9.69. The van der Waals surface area contributed by atoms with E-state index in [1.807, 2.05) is 6.07 Å². The number of hydrogen-bond donors (Lipinski definition) is 2. The molecule has 1 aliphatic heterocycles. The van der Waals surface area contributed by atoms with E-state index in [4.69, 9.17) is 5.26 Å². The molecule has 0 radical (unpaired) electrons. The van der Waals surface area contributed by atoms with Crippen molar-refractivity contribution in [1.29, 1.82) is 5.26 Å². The van der Waals surface area contributed by atoms with E-state index < -0.39 is 0 Å². The van der Waals surface area contributed by atoms with Gasteiger partial charge in [0.1, 0.15) is 11.8 Å². The van der Waals surface area contributed by atoms with Gasteiger partial charge in [0.25, 0.3) is 0 Å². The topological polar surface area (TPSA) is 59.3 Å². The lowest BCUT2D eigenvalue weighted by Crippen LogP contribution is -2.45. The van der Waals surface area contributed by atoms with Crippen LogP contribution in [-0.4, -0.2) is 36.2 Å². The molecule has 0 bridgehead atoms. The fourth-order valence-electron chi connectivity index (χ4n) is 2.77. The summed E-state index contributed by atoms with van der Waals surface area (Å²) in [4.78, 5) is 2.39. The maximum absolute atomic E-state index is 10.4. The predicted molar refractivity (Wildman–Crippen MR) is 82.6 cm³/mol. The average molecular weight is 338 g/mol. The lowest BCUT2D eigenvalue weighted by molar-refractivity contribution is 0.161. The van der Waals surface area contributed by atoms with E-state index in [1.54, 1.807) is 6.07 Å². The van der Waals surface area contributed by atoms with Crippen LogP contribution < -0.4 is 5.32 Å². The SMILES string of the molecule is CCC[C@@H](c1c(Br)ccc(C#N)c1O)N1CCNCC1. The lowest BCUT2D eigenvalue weighted by atomic mass is 9.97. The third kappa shape index (κ3) is 3.14. The number of nitriles is 1. The van der Waals surface area contributed by atoms with Gasteiger partial charge in [0.05, 0.1) is 5.56 Å². The maximum Gasteiger partial charge on any atom is 0.139 e. The summed E-state index contributed by atoms with van der Waals surface area (Å²) in [7, 11) is 0. The third-order valence-electron chi connectivity index (χ3n) is 3.77. The molecule has 1 saturated heterocycles. The molecule has 1 aromatic carbocycles. The van der Waals surface area contributed by atoms with Crippen LogP contribution in [0, 0.1) is 11.3 Å². The highest BCUT2D eigenvalue weighted by Crippen LogP contribution is 2.39. The first-order valence-electron chi connectivity index (χ1n) is 7.05. The molecular formula is C15H20BrN3O. The second kappa shape index (κ2) is 7.07. The zero-order valence-electron chi connectivity index (χ0n) is 11.7. The molecule has 0 aromatic heterocycles. The van der Waals surface area contributed by atoms with Gasteiger partial charge in [-0.3, -0.25) is 4.90 Å². The van der Waals surface area contributed by atoms with Gasteiger partial charge in [-0.1, -0.05) is 29.3 Å². The van der Waals surface area contributed by atoms with E-state index in [2.05, 4.69) is 39.1 Å². The standard InChI is InChI=1S/C15H20BrN3O/c1-2-3-13(19-8-6-18-7-9-19)14-12(16)5-4-11(10-17)15(14)20/h4-5,13,18,20H,2-3,6-9H2,1H3/t13-/m0/s1. The van der Waals surface area contributed by atoms with Crippen molar-refractivity contribution >= 4 is 15.9 Å². The minimum absolute atomic E-state index is 0.124. The Morgan fingerprint density at radius 2 is 2.15 bits per heavy atom. The minimum Gasteiger partial charge on any atom is -0.506 e. The molecule has 1 atom stereocenters. The number of piperazine rings is 1. The number of nitrogens with one attached hydrogen (secondary N) is 1. The van der Waals surface area contributed by atoms with Crippen molar-refractivity contribution in [1.82, 2.24) is 10.2 Å². The molecule has 2 rings (SSSR count). The second-order valence-electron chi connectivity index (χ2n) is 5.06. The fourth-order valence-corrected chi connectivity index (χ4v) is 3.35. The highest BCUT2D eigenvalue weighted by molar-refractivity contribution is 9.10. The average Bonchev–Trinajstić information content (AvgIpc) is 2.47. The van der Waals surface area contributed by atoms with Gasteiger partial charge in [0, 0.05) is 42.3 Å². The number of rotatable bonds is 4. The molecule has 1 aliphatic rings. The van der Waals surface area contributed by atoms with Crippen molar-refractivity contribution < 1.29 is 5.11 Å². The molecule has 0 saturated carbocycles. The Morgan fingerprint density at radius 3 is 2.75 bits per heavy atom. The van der Waals surface area contributed by atoms with E-state index in [9.17, 15) is 5.11 Å². The fraction of sp³-hybridized carbons (Fsp3) is 0.533. The summed E-state index contributed by atoms with van der Waals surface area (Å²) in [6.07, 6.45) is 2.01. The van der Waals surface area contributed by atoms with Gasteiger partial charge in [0.15, 0.2) is 0 Å². The van der Waals surface area contributed by atoms with Crippen LogP contribution in [0.4, 0.5) is 0 Å². The van der Waals surface area contributed by atoms with Crippen molar-refractivity contribution in [2.24, 2.45) is 0 Å². The predicted octanol–water partition coefficient (Wildman–Crippen LogP) is 2.77. The van der Waals surface area contributed by atoms with Crippen LogP contribution in [0.25, 0.3) is 0 Å². The largest absolute Gasteiger partial charge is 0.506 e. The number of aromatic hydroxyl groups is 1. The summed E-state index contributed by atoms with van der Waals surface area (Å²) in [6.45, 7) is 6.02. The lowest BCUT2D eigenvalue weighted by Gasteiger charge is -2.36. The van der Waals surface area contributed by atoms with Crippen LogP contribution in [-0.2, 0) is 0 Å². The summed E-state index contributed by atoms with van der Waals surface area (Å²) in [5.41, 5.74) is 1.20. The normalized spacial score (nSPS) is 17.6. The molecule has 2 N–H and O–H groups in total. The number of halogens is 1. The first kappa shape index (κ1) is 15.3. The van der Waals surface area contributed by atoms with Gasteiger partial charge in [-0.05, 0) is 18.6 Å². The van der Waals surface area contributed by atoms with E-state index >= 15 is 0 Å². The van der Waals surface area contributed by atoms with Gasteiger partial charge >= 0.3 is 0 Å². The Labute approximate surface area is 128 Å². The molecule has 0 aliphatic carbocycles. The first-order valence-corrected chi connectivity index (χ1v) is 7.84. The van der Waals surface area contributed by atoms with E-state index in [0.717, 1.165) is 49.1 Å². The molecule has 0 amide bonds. The van der Waals surface area contributed by atoms with Crippen LogP contribution in [0.1, 0.15) is 36.9 Å².